The Kier molecular flexibility index (Phi) is 8.00. The fraction of sp³-hybridized carbons (Fsp3) is 0.143. The number of hydroxylamine groups is 2. The first-order valence-corrected chi connectivity index (χ1v) is 5.42. The van der Waals surface area contributed by atoms with E-state index in [1.807, 2.05) is 0 Å². The predicted molar refractivity (Wildman–Crippen MR) is 53.5 cm³/mol. The number of allylic oxidation sites excluding steroid dienone is 2. The first-order chi connectivity index (χ1) is 7.68. The molecule has 0 unspecified atom stereocenters. The zero-order valence-corrected chi connectivity index (χ0v) is 9.09. The van der Waals surface area contributed by atoms with Crippen LogP contribution < -0.4 is 11.0 Å². The average Bonchev–Trinajstić information content (AvgIpc) is 2.30. The van der Waals surface area contributed by atoms with Crippen LogP contribution in [-0.4, -0.2) is 19.4 Å². The lowest BCUT2D eigenvalue weighted by Gasteiger charge is -2.13. The van der Waals surface area contributed by atoms with Crippen molar-refractivity contribution < 1.29 is 27.9 Å². The van der Waals surface area contributed by atoms with Gasteiger partial charge < -0.3 is 0 Å². The van der Waals surface area contributed by atoms with Crippen LogP contribution in [0.5, 0.6) is 0 Å². The fourth-order valence-electron chi connectivity index (χ4n) is 0.530. The summed E-state index contributed by atoms with van der Waals surface area (Å²) in [6.45, 7) is 3.28. The van der Waals surface area contributed by atoms with E-state index < -0.39 is 7.82 Å². The van der Waals surface area contributed by atoms with Crippen molar-refractivity contribution in [2.45, 2.75) is 0 Å². The van der Waals surface area contributed by atoms with Crippen molar-refractivity contribution >= 4 is 20.6 Å². The van der Waals surface area contributed by atoms with E-state index in [0.717, 1.165) is 0 Å². The standard InChI is InChI=1S/C7H11N2O6P/c1-2-3-4-5-13-16(12,14-8-6-10)15-9-7-11/h2-4,6-7H,1,5H2,(H,8,10)(H,9,11). The van der Waals surface area contributed by atoms with Crippen molar-refractivity contribution in [2.75, 3.05) is 6.61 Å². The summed E-state index contributed by atoms with van der Waals surface area (Å²) in [5.74, 6) is 0. The van der Waals surface area contributed by atoms with E-state index >= 15 is 0 Å². The van der Waals surface area contributed by atoms with Crippen molar-refractivity contribution in [1.29, 1.82) is 0 Å². The van der Waals surface area contributed by atoms with E-state index in [4.69, 9.17) is 0 Å². The summed E-state index contributed by atoms with van der Waals surface area (Å²) in [6.07, 6.45) is 4.72. The number of hydrogen-bond acceptors (Lipinski definition) is 6. The Bertz CT molecular complexity index is 289. The van der Waals surface area contributed by atoms with E-state index in [1.165, 1.54) is 18.2 Å². The second-order valence-corrected chi connectivity index (χ2v) is 3.58. The molecule has 0 aromatic carbocycles. The largest absolute Gasteiger partial charge is 0.518 e. The molecule has 0 spiro atoms. The van der Waals surface area contributed by atoms with E-state index in [1.54, 1.807) is 11.0 Å². The highest BCUT2D eigenvalue weighted by Crippen LogP contribution is 2.46. The summed E-state index contributed by atoms with van der Waals surface area (Å²) in [7, 11) is -4.06. The molecule has 0 atom stereocenters. The van der Waals surface area contributed by atoms with Crippen LogP contribution in [0.1, 0.15) is 0 Å². The van der Waals surface area contributed by atoms with Crippen LogP contribution in [0.3, 0.4) is 0 Å². The highest BCUT2D eigenvalue weighted by molar-refractivity contribution is 7.48. The number of carbonyl (C=O) groups is 2. The van der Waals surface area contributed by atoms with Gasteiger partial charge in [-0.3, -0.25) is 14.1 Å². The summed E-state index contributed by atoms with van der Waals surface area (Å²) < 4.78 is 24.7. The van der Waals surface area contributed by atoms with Gasteiger partial charge in [-0.05, 0) is 0 Å². The maximum absolute atomic E-state index is 11.5. The third-order valence-corrected chi connectivity index (χ3v) is 2.15. The van der Waals surface area contributed by atoms with Crippen LogP contribution in [0.25, 0.3) is 0 Å². The van der Waals surface area contributed by atoms with Crippen molar-refractivity contribution in [1.82, 2.24) is 11.0 Å². The molecule has 9 heteroatoms. The lowest BCUT2D eigenvalue weighted by molar-refractivity contribution is -0.119. The van der Waals surface area contributed by atoms with Crippen molar-refractivity contribution in [3.05, 3.63) is 24.8 Å². The number of phosphoric acid groups is 1. The molecule has 0 saturated heterocycles. The Morgan fingerprint density at radius 2 is 1.75 bits per heavy atom. The molecule has 0 heterocycles. The van der Waals surface area contributed by atoms with E-state index in [-0.39, 0.29) is 19.4 Å². The molecule has 0 radical (unpaired) electrons. The number of rotatable bonds is 10. The topological polar surface area (TPSA) is 103 Å². The summed E-state index contributed by atoms with van der Waals surface area (Å²) in [5, 5.41) is 0. The van der Waals surface area contributed by atoms with Crippen LogP contribution in [-0.2, 0) is 27.9 Å². The normalized spacial score (nSPS) is 11.0. The Morgan fingerprint density at radius 1 is 1.19 bits per heavy atom. The van der Waals surface area contributed by atoms with E-state index in [9.17, 15) is 14.2 Å². The first-order valence-electron chi connectivity index (χ1n) is 3.96. The van der Waals surface area contributed by atoms with Gasteiger partial charge in [0, 0.05) is 0 Å². The second-order valence-electron chi connectivity index (χ2n) is 2.06. The third kappa shape index (κ3) is 6.91. The van der Waals surface area contributed by atoms with Gasteiger partial charge in [0.1, 0.15) is 0 Å². The maximum Gasteiger partial charge on any atom is 0.518 e. The quantitative estimate of drug-likeness (QED) is 0.248. The van der Waals surface area contributed by atoms with Gasteiger partial charge in [-0.2, -0.15) is 9.25 Å². The van der Waals surface area contributed by atoms with Gasteiger partial charge in [-0.25, -0.2) is 15.5 Å². The Morgan fingerprint density at radius 3 is 2.19 bits per heavy atom. The molecule has 0 aromatic rings. The van der Waals surface area contributed by atoms with Crippen LogP contribution in [0, 0.1) is 0 Å². The average molecular weight is 250 g/mol. The van der Waals surface area contributed by atoms with Gasteiger partial charge in [-0.15, -0.1) is 0 Å². The first kappa shape index (κ1) is 14.5. The van der Waals surface area contributed by atoms with Crippen LogP contribution in [0.15, 0.2) is 24.8 Å². The highest BCUT2D eigenvalue weighted by atomic mass is 31.2. The second kappa shape index (κ2) is 8.81. The molecule has 0 rings (SSSR count). The molecule has 0 aliphatic rings. The smallest absolute Gasteiger partial charge is 0.280 e. The van der Waals surface area contributed by atoms with Gasteiger partial charge in [0.15, 0.2) is 0 Å². The van der Waals surface area contributed by atoms with E-state index in [2.05, 4.69) is 20.4 Å². The van der Waals surface area contributed by atoms with Gasteiger partial charge in [0.2, 0.25) is 12.8 Å². The molecule has 8 nitrogen and oxygen atoms in total. The predicted octanol–water partition coefficient (Wildman–Crippen LogP) is 0.208. The number of hydrogen-bond donors (Lipinski definition) is 2. The molecular formula is C7H11N2O6P. The molecule has 0 bridgehead atoms. The SMILES string of the molecule is C=CC=CCOP(=O)(ONC=O)ONC=O. The third-order valence-electron chi connectivity index (χ3n) is 1.03. The molecule has 0 fully saturated rings. The van der Waals surface area contributed by atoms with Crippen LogP contribution >= 0.6 is 7.82 Å². The molecule has 0 aliphatic heterocycles. The summed E-state index contributed by atoms with van der Waals surface area (Å²) in [6, 6.07) is 0. The van der Waals surface area contributed by atoms with Crippen molar-refractivity contribution in [3.8, 4) is 0 Å². The lowest BCUT2D eigenvalue weighted by Crippen LogP contribution is -2.18. The monoisotopic (exact) mass is 250 g/mol. The summed E-state index contributed by atoms with van der Waals surface area (Å²) in [4.78, 5) is 19.8. The minimum Gasteiger partial charge on any atom is -0.280 e. The fourth-order valence-corrected chi connectivity index (χ4v) is 1.29. The summed E-state index contributed by atoms with van der Waals surface area (Å²) in [5.41, 5.74) is 3.29. The highest BCUT2D eigenvalue weighted by Gasteiger charge is 2.27. The van der Waals surface area contributed by atoms with Crippen LogP contribution in [0.4, 0.5) is 0 Å². The molecule has 0 aromatic heterocycles. The molecule has 2 N–H and O–H groups in total. The maximum atomic E-state index is 11.5. The van der Waals surface area contributed by atoms with Gasteiger partial charge >= 0.3 is 7.82 Å². The Hall–Kier alpha value is -1.47. The molecule has 0 saturated carbocycles. The number of amides is 2. The minimum atomic E-state index is -4.06. The Balaban J connectivity index is 4.21. The molecule has 16 heavy (non-hydrogen) atoms. The van der Waals surface area contributed by atoms with Crippen LogP contribution in [0.2, 0.25) is 0 Å². The number of nitrogens with one attached hydrogen (secondary N) is 2. The zero-order chi connectivity index (χ0) is 12.3. The van der Waals surface area contributed by atoms with Crippen molar-refractivity contribution in [2.24, 2.45) is 0 Å². The molecule has 0 aliphatic carbocycles. The Labute approximate surface area is 91.8 Å². The molecule has 90 valence electrons. The molecular weight excluding hydrogens is 239 g/mol. The van der Waals surface area contributed by atoms with Crippen molar-refractivity contribution in [3.63, 3.8) is 0 Å². The molecule has 2 amide bonds. The van der Waals surface area contributed by atoms with Gasteiger partial charge in [0.25, 0.3) is 0 Å². The zero-order valence-electron chi connectivity index (χ0n) is 8.20. The lowest BCUT2D eigenvalue weighted by atomic mass is 10.5. The van der Waals surface area contributed by atoms with Gasteiger partial charge in [-0.1, -0.05) is 24.8 Å². The summed E-state index contributed by atoms with van der Waals surface area (Å²) >= 11 is 0. The number of carbonyl (C=O) groups excluding carboxylic acids is 2. The minimum absolute atomic E-state index is 0.121. The van der Waals surface area contributed by atoms with E-state index in [0.29, 0.717) is 0 Å². The van der Waals surface area contributed by atoms with Gasteiger partial charge in [0.05, 0.1) is 6.61 Å².